The van der Waals surface area contributed by atoms with Gasteiger partial charge in [0, 0.05) is 25.1 Å². The summed E-state index contributed by atoms with van der Waals surface area (Å²) in [5.74, 6) is -0.184. The van der Waals surface area contributed by atoms with Crippen molar-refractivity contribution in [1.29, 1.82) is 0 Å². The zero-order valence-corrected chi connectivity index (χ0v) is 13.6. The summed E-state index contributed by atoms with van der Waals surface area (Å²) in [6.45, 7) is 6.20. The highest BCUT2D eigenvalue weighted by molar-refractivity contribution is 5.94. The van der Waals surface area contributed by atoms with Gasteiger partial charge in [0.2, 0.25) is 5.91 Å². The van der Waals surface area contributed by atoms with Crippen LogP contribution in [-0.2, 0) is 4.79 Å². The van der Waals surface area contributed by atoms with Crippen LogP contribution in [0.1, 0.15) is 44.0 Å². The maximum absolute atomic E-state index is 11.8. The van der Waals surface area contributed by atoms with Crippen molar-refractivity contribution in [3.05, 3.63) is 35.9 Å². The summed E-state index contributed by atoms with van der Waals surface area (Å²) in [6, 6.07) is 8.96. The van der Waals surface area contributed by atoms with Gasteiger partial charge in [-0.05, 0) is 31.4 Å². The number of aliphatic hydroxyl groups is 1. The van der Waals surface area contributed by atoms with E-state index in [-0.39, 0.29) is 24.3 Å². The fourth-order valence-corrected chi connectivity index (χ4v) is 1.71. The smallest absolute Gasteiger partial charge is 0.251 e. The molecule has 0 aliphatic heterocycles. The summed E-state index contributed by atoms with van der Waals surface area (Å²) in [6.07, 6.45) is 0.886. The lowest BCUT2D eigenvalue weighted by Crippen LogP contribution is -2.44. The first-order chi connectivity index (χ1) is 10.3. The van der Waals surface area contributed by atoms with Crippen molar-refractivity contribution in [2.24, 2.45) is 5.92 Å². The molecule has 1 unspecified atom stereocenters. The van der Waals surface area contributed by atoms with Crippen LogP contribution < -0.4 is 10.6 Å². The van der Waals surface area contributed by atoms with Crippen molar-refractivity contribution in [2.75, 3.05) is 13.1 Å². The first-order valence-corrected chi connectivity index (χ1v) is 7.65. The predicted molar refractivity (Wildman–Crippen MR) is 86.5 cm³/mol. The summed E-state index contributed by atoms with van der Waals surface area (Å²) < 4.78 is 0. The van der Waals surface area contributed by atoms with Gasteiger partial charge < -0.3 is 15.7 Å². The molecule has 3 N–H and O–H groups in total. The SMILES string of the molecule is CC(C)C(C)(O)CNC(=O)CCCNC(=O)c1ccccc1. The van der Waals surface area contributed by atoms with Crippen LogP contribution in [0.3, 0.4) is 0 Å². The Bertz CT molecular complexity index is 484. The summed E-state index contributed by atoms with van der Waals surface area (Å²) in [5, 5.41) is 15.5. The minimum atomic E-state index is -0.906. The third-order valence-electron chi connectivity index (χ3n) is 3.79. The Kier molecular flexibility index (Phi) is 7.05. The predicted octanol–water partition coefficient (Wildman–Crippen LogP) is 1.72. The van der Waals surface area contributed by atoms with Crippen LogP contribution in [0.25, 0.3) is 0 Å². The topological polar surface area (TPSA) is 78.4 Å². The molecular weight excluding hydrogens is 280 g/mol. The van der Waals surface area contributed by atoms with Crippen molar-refractivity contribution in [1.82, 2.24) is 10.6 Å². The number of amides is 2. The van der Waals surface area contributed by atoms with Gasteiger partial charge in [-0.1, -0.05) is 32.0 Å². The Hall–Kier alpha value is -1.88. The minimum Gasteiger partial charge on any atom is -0.388 e. The molecule has 0 saturated carbocycles. The first-order valence-electron chi connectivity index (χ1n) is 7.65. The van der Waals surface area contributed by atoms with Crippen molar-refractivity contribution in [3.63, 3.8) is 0 Å². The van der Waals surface area contributed by atoms with E-state index in [1.807, 2.05) is 32.0 Å². The Balaban J connectivity index is 2.19. The average Bonchev–Trinajstić information content (AvgIpc) is 2.50. The van der Waals surface area contributed by atoms with Crippen LogP contribution >= 0.6 is 0 Å². The number of carbonyl (C=O) groups is 2. The van der Waals surface area contributed by atoms with E-state index >= 15 is 0 Å². The van der Waals surface area contributed by atoms with Gasteiger partial charge in [0.1, 0.15) is 0 Å². The van der Waals surface area contributed by atoms with Gasteiger partial charge in [-0.3, -0.25) is 9.59 Å². The fraction of sp³-hybridized carbons (Fsp3) is 0.529. The van der Waals surface area contributed by atoms with Crippen molar-refractivity contribution < 1.29 is 14.7 Å². The molecule has 1 aromatic rings. The molecule has 0 aliphatic rings. The molecule has 22 heavy (non-hydrogen) atoms. The largest absolute Gasteiger partial charge is 0.388 e. The molecule has 1 rings (SSSR count). The van der Waals surface area contributed by atoms with Gasteiger partial charge in [0.25, 0.3) is 5.91 Å². The molecule has 0 radical (unpaired) electrons. The molecular formula is C17H26N2O3. The van der Waals surface area contributed by atoms with Gasteiger partial charge >= 0.3 is 0 Å². The van der Waals surface area contributed by atoms with Crippen LogP contribution in [-0.4, -0.2) is 35.6 Å². The number of benzene rings is 1. The second-order valence-electron chi connectivity index (χ2n) is 6.01. The summed E-state index contributed by atoms with van der Waals surface area (Å²) in [4.78, 5) is 23.5. The maximum atomic E-state index is 11.8. The Morgan fingerprint density at radius 2 is 1.82 bits per heavy atom. The van der Waals surface area contributed by atoms with Crippen molar-refractivity contribution in [2.45, 2.75) is 39.2 Å². The van der Waals surface area contributed by atoms with Crippen LogP contribution in [0, 0.1) is 5.92 Å². The average molecular weight is 306 g/mol. The van der Waals surface area contributed by atoms with Gasteiger partial charge in [0.05, 0.1) is 5.60 Å². The highest BCUT2D eigenvalue weighted by Crippen LogP contribution is 2.14. The lowest BCUT2D eigenvalue weighted by atomic mass is 9.92. The molecule has 0 saturated heterocycles. The maximum Gasteiger partial charge on any atom is 0.251 e. The number of hydrogen-bond donors (Lipinski definition) is 3. The highest BCUT2D eigenvalue weighted by Gasteiger charge is 2.25. The van der Waals surface area contributed by atoms with Gasteiger partial charge in [0.15, 0.2) is 0 Å². The molecule has 5 nitrogen and oxygen atoms in total. The first kappa shape index (κ1) is 18.2. The molecule has 2 amide bonds. The van der Waals surface area contributed by atoms with E-state index in [1.54, 1.807) is 19.1 Å². The van der Waals surface area contributed by atoms with E-state index in [1.165, 1.54) is 0 Å². The number of carbonyl (C=O) groups excluding carboxylic acids is 2. The second kappa shape index (κ2) is 8.54. The molecule has 0 aliphatic carbocycles. The molecule has 0 spiro atoms. The number of hydrogen-bond acceptors (Lipinski definition) is 3. The van der Waals surface area contributed by atoms with E-state index in [0.717, 1.165) is 0 Å². The standard InChI is InChI=1S/C17H26N2O3/c1-13(2)17(3,22)12-19-15(20)10-7-11-18-16(21)14-8-5-4-6-9-14/h4-6,8-9,13,22H,7,10-12H2,1-3H3,(H,18,21)(H,19,20). The van der Waals surface area contributed by atoms with Gasteiger partial charge in [-0.15, -0.1) is 0 Å². The second-order valence-corrected chi connectivity index (χ2v) is 6.01. The molecule has 0 aromatic heterocycles. The Morgan fingerprint density at radius 1 is 1.18 bits per heavy atom. The van der Waals surface area contributed by atoms with Crippen LogP contribution in [0.2, 0.25) is 0 Å². The van der Waals surface area contributed by atoms with Crippen LogP contribution in [0.5, 0.6) is 0 Å². The van der Waals surface area contributed by atoms with Crippen molar-refractivity contribution in [3.8, 4) is 0 Å². The summed E-state index contributed by atoms with van der Waals surface area (Å²) >= 11 is 0. The molecule has 0 fully saturated rings. The van der Waals surface area contributed by atoms with Gasteiger partial charge in [-0.25, -0.2) is 0 Å². The molecule has 0 heterocycles. The van der Waals surface area contributed by atoms with Crippen molar-refractivity contribution >= 4 is 11.8 Å². The van der Waals surface area contributed by atoms with Crippen LogP contribution in [0.15, 0.2) is 30.3 Å². The Morgan fingerprint density at radius 3 is 2.41 bits per heavy atom. The molecule has 1 atom stereocenters. The highest BCUT2D eigenvalue weighted by atomic mass is 16.3. The summed E-state index contributed by atoms with van der Waals surface area (Å²) in [7, 11) is 0. The number of rotatable bonds is 8. The van der Waals surface area contributed by atoms with E-state index in [0.29, 0.717) is 24.9 Å². The van der Waals surface area contributed by atoms with E-state index < -0.39 is 5.60 Å². The minimum absolute atomic E-state index is 0.0676. The number of nitrogens with one attached hydrogen (secondary N) is 2. The third kappa shape index (κ3) is 6.26. The quantitative estimate of drug-likeness (QED) is 0.640. The molecule has 122 valence electrons. The Labute approximate surface area is 132 Å². The molecule has 0 bridgehead atoms. The monoisotopic (exact) mass is 306 g/mol. The molecule has 1 aromatic carbocycles. The van der Waals surface area contributed by atoms with E-state index in [2.05, 4.69) is 10.6 Å². The normalized spacial score (nSPS) is 13.5. The summed E-state index contributed by atoms with van der Waals surface area (Å²) in [5.41, 5.74) is -0.295. The van der Waals surface area contributed by atoms with E-state index in [9.17, 15) is 14.7 Å². The zero-order chi connectivity index (χ0) is 16.6. The van der Waals surface area contributed by atoms with Gasteiger partial charge in [-0.2, -0.15) is 0 Å². The fourth-order valence-electron chi connectivity index (χ4n) is 1.71. The lowest BCUT2D eigenvalue weighted by molar-refractivity contribution is -0.122. The van der Waals surface area contributed by atoms with E-state index in [4.69, 9.17) is 0 Å². The third-order valence-corrected chi connectivity index (χ3v) is 3.79. The lowest BCUT2D eigenvalue weighted by Gasteiger charge is -2.27. The van der Waals surface area contributed by atoms with Crippen LogP contribution in [0.4, 0.5) is 0 Å². The molecule has 5 heteroatoms. The zero-order valence-electron chi connectivity index (χ0n) is 13.6.